The molecular weight excluding hydrogens is 460 g/mol. The van der Waals surface area contributed by atoms with Gasteiger partial charge in [0, 0.05) is 11.5 Å². The van der Waals surface area contributed by atoms with Gasteiger partial charge in [-0.15, -0.1) is 0 Å². The van der Waals surface area contributed by atoms with Crippen LogP contribution in [-0.2, 0) is 19.1 Å². The zero-order chi connectivity index (χ0) is 22.0. The smallest absolute Gasteiger partial charge is 0.331 e. The summed E-state index contributed by atoms with van der Waals surface area (Å²) in [6.07, 6.45) is 10.8. The van der Waals surface area contributed by atoms with Crippen LogP contribution in [-0.4, -0.2) is 40.7 Å². The van der Waals surface area contributed by atoms with Crippen molar-refractivity contribution in [1.29, 1.82) is 0 Å². The van der Waals surface area contributed by atoms with Crippen molar-refractivity contribution in [2.45, 2.75) is 83.3 Å². The molecule has 5 nitrogen and oxygen atoms in total. The van der Waals surface area contributed by atoms with Gasteiger partial charge in [0.15, 0.2) is 0 Å². The lowest BCUT2D eigenvalue weighted by atomic mass is 9.43. The molecule has 5 rings (SSSR count). The second kappa shape index (κ2) is 7.58. The first-order valence-corrected chi connectivity index (χ1v) is 13.2. The maximum atomic E-state index is 12.2. The van der Waals surface area contributed by atoms with Gasteiger partial charge in [0.25, 0.3) is 0 Å². The van der Waals surface area contributed by atoms with Crippen molar-refractivity contribution >= 4 is 27.9 Å². The number of aliphatic hydroxyl groups is 1. The molecule has 0 unspecified atom stereocenters. The maximum absolute atomic E-state index is 12.2. The Morgan fingerprint density at radius 3 is 2.68 bits per heavy atom. The normalized spacial score (nSPS) is 48.8. The van der Waals surface area contributed by atoms with Gasteiger partial charge in [0.2, 0.25) is 0 Å². The Labute approximate surface area is 193 Å². The van der Waals surface area contributed by atoms with Crippen molar-refractivity contribution in [2.24, 2.45) is 34.5 Å². The number of hydrogen-bond acceptors (Lipinski definition) is 5. The van der Waals surface area contributed by atoms with Gasteiger partial charge in [-0.1, -0.05) is 29.8 Å². The number of cyclic esters (lactones) is 1. The Bertz CT molecular complexity index is 810. The van der Waals surface area contributed by atoms with E-state index < -0.39 is 5.60 Å². The molecule has 0 aromatic carbocycles. The van der Waals surface area contributed by atoms with Crippen molar-refractivity contribution in [2.75, 3.05) is 11.9 Å². The number of alkyl halides is 1. The summed E-state index contributed by atoms with van der Waals surface area (Å²) in [5.74, 6) is 1.25. The minimum Gasteiger partial charge on any atom is -0.462 e. The first kappa shape index (κ1) is 21.9. The molecule has 31 heavy (non-hydrogen) atoms. The summed E-state index contributed by atoms with van der Waals surface area (Å²) in [4.78, 5) is 23.5. The number of ether oxygens (including phenoxy) is 2. The summed E-state index contributed by atoms with van der Waals surface area (Å²) in [6, 6.07) is 0. The number of hydrogen-bond donors (Lipinski definition) is 1. The molecule has 6 heteroatoms. The molecule has 1 heterocycles. The van der Waals surface area contributed by atoms with Crippen LogP contribution in [0, 0.1) is 34.5 Å². The van der Waals surface area contributed by atoms with Gasteiger partial charge in [-0.3, -0.25) is 4.79 Å². The molecule has 0 radical (unpaired) electrons. The summed E-state index contributed by atoms with van der Waals surface area (Å²) in [6.45, 7) is 5.12. The fourth-order valence-corrected chi connectivity index (χ4v) is 8.83. The van der Waals surface area contributed by atoms with E-state index in [1.807, 2.05) is 0 Å². The molecule has 0 bridgehead atoms. The van der Waals surface area contributed by atoms with E-state index in [2.05, 4.69) is 29.8 Å². The highest BCUT2D eigenvalue weighted by Crippen LogP contribution is 2.70. The second-order valence-corrected chi connectivity index (χ2v) is 11.9. The van der Waals surface area contributed by atoms with Crippen LogP contribution in [0.15, 0.2) is 11.6 Å². The third kappa shape index (κ3) is 3.18. The number of rotatable bonds is 3. The Balaban J connectivity index is 1.37. The summed E-state index contributed by atoms with van der Waals surface area (Å²) < 4.78 is 10.9. The Morgan fingerprint density at radius 1 is 1.16 bits per heavy atom. The second-order valence-electron chi connectivity index (χ2n) is 11.3. The Hall–Kier alpha value is -0.880. The van der Waals surface area contributed by atoms with Gasteiger partial charge < -0.3 is 14.6 Å². The number of carbonyl (C=O) groups excluding carboxylic acids is 2. The molecule has 4 fully saturated rings. The van der Waals surface area contributed by atoms with Crippen LogP contribution in [0.5, 0.6) is 0 Å². The maximum Gasteiger partial charge on any atom is 0.331 e. The molecule has 0 spiro atoms. The summed E-state index contributed by atoms with van der Waals surface area (Å²) in [7, 11) is 0. The molecule has 5 aliphatic rings. The molecule has 0 amide bonds. The lowest BCUT2D eigenvalue weighted by molar-refractivity contribution is -0.209. The van der Waals surface area contributed by atoms with Crippen molar-refractivity contribution in [3.05, 3.63) is 11.6 Å². The zero-order valence-electron chi connectivity index (χ0n) is 18.7. The summed E-state index contributed by atoms with van der Waals surface area (Å²) in [5.41, 5.74) is 0.456. The molecule has 0 saturated heterocycles. The molecule has 0 aromatic rings. The molecule has 8 atom stereocenters. The number of fused-ring (bicyclic) bond motifs is 5. The largest absolute Gasteiger partial charge is 0.462 e. The van der Waals surface area contributed by atoms with Crippen molar-refractivity contribution in [3.8, 4) is 0 Å². The molecule has 0 aromatic heterocycles. The summed E-state index contributed by atoms with van der Waals surface area (Å²) in [5, 5.41) is 12.5. The van der Waals surface area contributed by atoms with E-state index in [-0.39, 0.29) is 40.1 Å². The highest BCUT2D eigenvalue weighted by Gasteiger charge is 2.67. The van der Waals surface area contributed by atoms with Crippen molar-refractivity contribution in [1.82, 2.24) is 0 Å². The van der Waals surface area contributed by atoms with Crippen LogP contribution >= 0.6 is 15.9 Å². The van der Waals surface area contributed by atoms with Gasteiger partial charge in [0.1, 0.15) is 18.0 Å². The van der Waals surface area contributed by atoms with Crippen LogP contribution in [0.3, 0.4) is 0 Å². The van der Waals surface area contributed by atoms with Gasteiger partial charge in [-0.05, 0) is 92.4 Å². The Kier molecular flexibility index (Phi) is 5.36. The first-order chi connectivity index (χ1) is 14.7. The molecule has 1 N–H and O–H groups in total. The van der Waals surface area contributed by atoms with Crippen LogP contribution in [0.25, 0.3) is 0 Å². The fraction of sp³-hybridized carbons (Fsp3) is 0.840. The number of esters is 2. The molecule has 4 aliphatic carbocycles. The lowest BCUT2D eigenvalue weighted by Crippen LogP contribution is -2.62. The van der Waals surface area contributed by atoms with Crippen molar-refractivity contribution in [3.63, 3.8) is 0 Å². The minimum absolute atomic E-state index is 0.0410. The highest BCUT2D eigenvalue weighted by molar-refractivity contribution is 9.09. The fourth-order valence-electron chi connectivity index (χ4n) is 8.69. The van der Waals surface area contributed by atoms with E-state index >= 15 is 0 Å². The third-order valence-corrected chi connectivity index (χ3v) is 10.8. The number of carbonyl (C=O) groups is 2. The van der Waals surface area contributed by atoms with Crippen LogP contribution in [0.4, 0.5) is 0 Å². The summed E-state index contributed by atoms with van der Waals surface area (Å²) >= 11 is 3.20. The molecule has 172 valence electrons. The van der Waals surface area contributed by atoms with E-state index in [0.29, 0.717) is 24.4 Å². The average molecular weight is 495 g/mol. The predicted octanol–water partition coefficient (Wildman–Crippen LogP) is 4.55. The van der Waals surface area contributed by atoms with Crippen molar-refractivity contribution < 1.29 is 24.2 Å². The van der Waals surface area contributed by atoms with E-state index in [1.165, 1.54) is 0 Å². The highest BCUT2D eigenvalue weighted by atomic mass is 79.9. The van der Waals surface area contributed by atoms with Gasteiger partial charge in [0.05, 0.1) is 5.60 Å². The van der Waals surface area contributed by atoms with E-state index in [0.717, 1.165) is 63.4 Å². The average Bonchev–Trinajstić information content (AvgIpc) is 3.28. The SMILES string of the molecule is C[C@]12CC[C@H](OC(=O)CBr)C[C@@H]1CC[C@@H]1[C@@H]2CC[C@]2(C)[C@H](C3=CC(=O)OC3)CC[C@@]12O. The van der Waals surface area contributed by atoms with E-state index in [4.69, 9.17) is 9.47 Å². The van der Waals surface area contributed by atoms with Crippen LogP contribution < -0.4 is 0 Å². The van der Waals surface area contributed by atoms with E-state index in [1.54, 1.807) is 6.08 Å². The standard InChI is InChI=1S/C25H35BrO5/c1-23-8-5-17(31-22(28)13-26)12-16(23)3-4-20-19(23)6-9-24(2)18(7-10-25(20,24)29)15-11-21(27)30-14-15/h11,16-20,29H,3-10,12-14H2,1-2H3/t16-,17-,18-,19-,20+,23-,24+,25+/m0/s1. The van der Waals surface area contributed by atoms with Gasteiger partial charge in [-0.2, -0.15) is 0 Å². The molecule has 4 saturated carbocycles. The first-order valence-electron chi connectivity index (χ1n) is 12.1. The van der Waals surface area contributed by atoms with Crippen LogP contribution in [0.1, 0.15) is 71.6 Å². The third-order valence-electron chi connectivity index (χ3n) is 10.3. The molecule has 1 aliphatic heterocycles. The molecular formula is C25H35BrO5. The van der Waals surface area contributed by atoms with Crippen LogP contribution in [0.2, 0.25) is 0 Å². The van der Waals surface area contributed by atoms with Gasteiger partial charge in [-0.25, -0.2) is 4.79 Å². The minimum atomic E-state index is -0.666. The quantitative estimate of drug-likeness (QED) is 0.460. The van der Waals surface area contributed by atoms with Gasteiger partial charge >= 0.3 is 11.9 Å². The number of halogens is 1. The Morgan fingerprint density at radius 2 is 1.97 bits per heavy atom. The topological polar surface area (TPSA) is 72.8 Å². The lowest BCUT2D eigenvalue weighted by Gasteiger charge is -2.63. The monoisotopic (exact) mass is 494 g/mol. The van der Waals surface area contributed by atoms with E-state index in [9.17, 15) is 14.7 Å². The zero-order valence-corrected chi connectivity index (χ0v) is 20.3. The predicted molar refractivity (Wildman–Crippen MR) is 119 cm³/mol.